The molecule has 3 heteroatoms. The third-order valence-corrected chi connectivity index (χ3v) is 4.39. The van der Waals surface area contributed by atoms with E-state index in [1.54, 1.807) is 0 Å². The molecule has 0 radical (unpaired) electrons. The fraction of sp³-hybridized carbons (Fsp3) is 1.00. The van der Waals surface area contributed by atoms with Gasteiger partial charge in [0.2, 0.25) is 0 Å². The van der Waals surface area contributed by atoms with Crippen LogP contribution < -0.4 is 5.32 Å². The molecule has 0 aromatic carbocycles. The molecule has 3 nitrogen and oxygen atoms in total. The van der Waals surface area contributed by atoms with Crippen LogP contribution in [0.5, 0.6) is 0 Å². The standard InChI is InChI=1S/C15H33N3/c1-6-16-11-13(2)14(3)18-9-7-15(8-10-18)12-17(4)5/h13-16H,6-12H2,1-5H3. The Kier molecular flexibility index (Phi) is 7.20. The number of nitrogens with one attached hydrogen (secondary N) is 1. The molecule has 1 saturated heterocycles. The molecule has 0 spiro atoms. The Balaban J connectivity index is 2.28. The lowest BCUT2D eigenvalue weighted by atomic mass is 9.93. The summed E-state index contributed by atoms with van der Waals surface area (Å²) in [5.41, 5.74) is 0. The zero-order valence-corrected chi connectivity index (χ0v) is 13.1. The van der Waals surface area contributed by atoms with Crippen molar-refractivity contribution in [3.63, 3.8) is 0 Å². The number of hydrogen-bond acceptors (Lipinski definition) is 3. The van der Waals surface area contributed by atoms with E-state index in [0.29, 0.717) is 6.04 Å². The maximum atomic E-state index is 3.47. The van der Waals surface area contributed by atoms with E-state index in [-0.39, 0.29) is 0 Å². The highest BCUT2D eigenvalue weighted by Crippen LogP contribution is 2.21. The Labute approximate surface area is 114 Å². The lowest BCUT2D eigenvalue weighted by molar-refractivity contribution is 0.100. The molecule has 0 saturated carbocycles. The van der Waals surface area contributed by atoms with Gasteiger partial charge in [-0.15, -0.1) is 0 Å². The van der Waals surface area contributed by atoms with E-state index >= 15 is 0 Å². The minimum atomic E-state index is 0.712. The smallest absolute Gasteiger partial charge is 0.0105 e. The van der Waals surface area contributed by atoms with Crippen molar-refractivity contribution in [1.29, 1.82) is 0 Å². The van der Waals surface area contributed by atoms with Crippen LogP contribution in [0.3, 0.4) is 0 Å². The van der Waals surface area contributed by atoms with Crippen LogP contribution in [-0.4, -0.2) is 62.7 Å². The summed E-state index contributed by atoms with van der Waals surface area (Å²) in [6.45, 7) is 13.0. The van der Waals surface area contributed by atoms with Crippen LogP contribution >= 0.6 is 0 Å². The van der Waals surface area contributed by atoms with E-state index in [0.717, 1.165) is 24.9 Å². The molecule has 1 aliphatic heterocycles. The van der Waals surface area contributed by atoms with E-state index in [1.807, 2.05) is 0 Å². The van der Waals surface area contributed by atoms with Gasteiger partial charge in [-0.25, -0.2) is 0 Å². The van der Waals surface area contributed by atoms with Crippen molar-refractivity contribution in [2.24, 2.45) is 11.8 Å². The van der Waals surface area contributed by atoms with Gasteiger partial charge in [0.15, 0.2) is 0 Å². The Morgan fingerprint density at radius 1 is 1.22 bits per heavy atom. The average molecular weight is 255 g/mol. The molecule has 108 valence electrons. The van der Waals surface area contributed by atoms with E-state index in [4.69, 9.17) is 0 Å². The van der Waals surface area contributed by atoms with Crippen molar-refractivity contribution in [3.05, 3.63) is 0 Å². The maximum absolute atomic E-state index is 3.47. The van der Waals surface area contributed by atoms with Crippen LogP contribution in [0.15, 0.2) is 0 Å². The summed E-state index contributed by atoms with van der Waals surface area (Å²) in [6.07, 6.45) is 2.74. The second kappa shape index (κ2) is 8.13. The van der Waals surface area contributed by atoms with Gasteiger partial charge in [-0.2, -0.15) is 0 Å². The van der Waals surface area contributed by atoms with E-state index in [1.165, 1.54) is 32.5 Å². The second-order valence-corrected chi connectivity index (χ2v) is 6.27. The SMILES string of the molecule is CCNCC(C)C(C)N1CCC(CN(C)C)CC1. The van der Waals surface area contributed by atoms with Crippen LogP contribution in [0.1, 0.15) is 33.6 Å². The number of likely N-dealkylation sites (tertiary alicyclic amines) is 1. The molecular weight excluding hydrogens is 222 g/mol. The highest BCUT2D eigenvalue weighted by Gasteiger charge is 2.25. The summed E-state index contributed by atoms with van der Waals surface area (Å²) in [5.74, 6) is 1.66. The number of nitrogens with zero attached hydrogens (tertiary/aromatic N) is 2. The van der Waals surface area contributed by atoms with Gasteiger partial charge in [-0.1, -0.05) is 13.8 Å². The first-order valence-electron chi connectivity index (χ1n) is 7.64. The van der Waals surface area contributed by atoms with Crippen LogP contribution in [-0.2, 0) is 0 Å². The van der Waals surface area contributed by atoms with Crippen molar-refractivity contribution < 1.29 is 0 Å². The summed E-state index contributed by atoms with van der Waals surface area (Å²) in [7, 11) is 4.38. The zero-order valence-electron chi connectivity index (χ0n) is 13.1. The van der Waals surface area contributed by atoms with Gasteiger partial charge in [-0.3, -0.25) is 0 Å². The molecule has 1 rings (SSSR count). The Hall–Kier alpha value is -0.120. The summed E-state index contributed by atoms with van der Waals surface area (Å²) in [6, 6.07) is 0.712. The first-order chi connectivity index (χ1) is 8.54. The van der Waals surface area contributed by atoms with Gasteiger partial charge >= 0.3 is 0 Å². The van der Waals surface area contributed by atoms with Crippen molar-refractivity contribution in [1.82, 2.24) is 15.1 Å². The summed E-state index contributed by atoms with van der Waals surface area (Å²) in [4.78, 5) is 5.02. The van der Waals surface area contributed by atoms with Gasteiger partial charge in [0.1, 0.15) is 0 Å². The molecule has 18 heavy (non-hydrogen) atoms. The molecule has 0 aliphatic carbocycles. The molecule has 0 aromatic heterocycles. The van der Waals surface area contributed by atoms with Crippen LogP contribution in [0, 0.1) is 11.8 Å². The molecule has 1 aliphatic rings. The molecule has 0 aromatic rings. The van der Waals surface area contributed by atoms with Crippen molar-refractivity contribution in [2.75, 3.05) is 46.8 Å². The Bertz CT molecular complexity index is 210. The Morgan fingerprint density at radius 3 is 2.33 bits per heavy atom. The molecule has 2 atom stereocenters. The summed E-state index contributed by atoms with van der Waals surface area (Å²) in [5, 5.41) is 3.47. The van der Waals surface area contributed by atoms with E-state index in [2.05, 4.69) is 50.0 Å². The maximum Gasteiger partial charge on any atom is 0.0105 e. The highest BCUT2D eigenvalue weighted by molar-refractivity contribution is 4.80. The van der Waals surface area contributed by atoms with Gasteiger partial charge in [-0.05, 0) is 71.9 Å². The number of hydrogen-bond donors (Lipinski definition) is 1. The van der Waals surface area contributed by atoms with Crippen molar-refractivity contribution in [2.45, 2.75) is 39.7 Å². The van der Waals surface area contributed by atoms with Crippen LogP contribution in [0.2, 0.25) is 0 Å². The van der Waals surface area contributed by atoms with Gasteiger partial charge in [0, 0.05) is 12.6 Å². The van der Waals surface area contributed by atoms with Crippen molar-refractivity contribution in [3.8, 4) is 0 Å². The topological polar surface area (TPSA) is 18.5 Å². The fourth-order valence-corrected chi connectivity index (χ4v) is 2.96. The summed E-state index contributed by atoms with van der Waals surface area (Å²) >= 11 is 0. The van der Waals surface area contributed by atoms with E-state index in [9.17, 15) is 0 Å². The molecule has 1 fully saturated rings. The first kappa shape index (κ1) is 15.9. The predicted molar refractivity (Wildman–Crippen MR) is 80.0 cm³/mol. The molecule has 2 unspecified atom stereocenters. The minimum Gasteiger partial charge on any atom is -0.317 e. The highest BCUT2D eigenvalue weighted by atomic mass is 15.2. The zero-order chi connectivity index (χ0) is 13.5. The molecule has 1 heterocycles. The summed E-state index contributed by atoms with van der Waals surface area (Å²) < 4.78 is 0. The average Bonchev–Trinajstić information content (AvgIpc) is 2.35. The number of piperidine rings is 1. The first-order valence-corrected chi connectivity index (χ1v) is 7.64. The second-order valence-electron chi connectivity index (χ2n) is 6.27. The molecule has 0 amide bonds. The lowest BCUT2D eigenvalue weighted by Gasteiger charge is -2.39. The largest absolute Gasteiger partial charge is 0.317 e. The third kappa shape index (κ3) is 5.25. The lowest BCUT2D eigenvalue weighted by Crippen LogP contribution is -2.46. The minimum absolute atomic E-state index is 0.712. The van der Waals surface area contributed by atoms with Crippen molar-refractivity contribution >= 4 is 0 Å². The van der Waals surface area contributed by atoms with E-state index < -0.39 is 0 Å². The van der Waals surface area contributed by atoms with Gasteiger partial charge < -0.3 is 15.1 Å². The normalized spacial score (nSPS) is 22.3. The molecule has 1 N–H and O–H groups in total. The van der Waals surface area contributed by atoms with Crippen LogP contribution in [0.4, 0.5) is 0 Å². The Morgan fingerprint density at radius 2 is 1.83 bits per heavy atom. The molecular formula is C15H33N3. The van der Waals surface area contributed by atoms with Crippen LogP contribution in [0.25, 0.3) is 0 Å². The number of rotatable bonds is 7. The predicted octanol–water partition coefficient (Wildman–Crippen LogP) is 1.89. The van der Waals surface area contributed by atoms with Gasteiger partial charge in [0.25, 0.3) is 0 Å². The molecule has 0 bridgehead atoms. The fourth-order valence-electron chi connectivity index (χ4n) is 2.96. The quantitative estimate of drug-likeness (QED) is 0.749. The third-order valence-electron chi connectivity index (χ3n) is 4.39. The van der Waals surface area contributed by atoms with Gasteiger partial charge in [0.05, 0.1) is 0 Å². The monoisotopic (exact) mass is 255 g/mol.